The minimum atomic E-state index is -0.397. The van der Waals surface area contributed by atoms with Gasteiger partial charge in [-0.2, -0.15) is 14.6 Å². The lowest BCUT2D eigenvalue weighted by atomic mass is 9.90. The fourth-order valence-electron chi connectivity index (χ4n) is 2.80. The molecule has 1 atom stereocenters. The first-order valence-corrected chi connectivity index (χ1v) is 7.70. The Bertz CT molecular complexity index is 780. The van der Waals surface area contributed by atoms with Crippen molar-refractivity contribution in [3.63, 3.8) is 0 Å². The van der Waals surface area contributed by atoms with E-state index in [0.29, 0.717) is 12.3 Å². The number of nitrogens with zero attached hydrogens (tertiary/aromatic N) is 4. The fourth-order valence-corrected chi connectivity index (χ4v) is 2.80. The lowest BCUT2D eigenvalue weighted by Crippen LogP contribution is -2.36. The quantitative estimate of drug-likeness (QED) is 0.758. The van der Waals surface area contributed by atoms with E-state index in [-0.39, 0.29) is 0 Å². The highest BCUT2D eigenvalue weighted by Crippen LogP contribution is 2.29. The Hall–Kier alpha value is -2.47. The molecule has 120 valence electrons. The van der Waals surface area contributed by atoms with Gasteiger partial charge < -0.3 is 10.1 Å². The van der Waals surface area contributed by atoms with E-state index in [1.54, 1.807) is 11.6 Å². The summed E-state index contributed by atoms with van der Waals surface area (Å²) in [5.74, 6) is 1.45. The van der Waals surface area contributed by atoms with E-state index in [0.717, 1.165) is 23.5 Å². The van der Waals surface area contributed by atoms with Crippen LogP contribution in [0.4, 0.5) is 5.82 Å². The lowest BCUT2D eigenvalue weighted by molar-refractivity contribution is -0.00673. The fraction of sp³-hybridized carbons (Fsp3) is 0.353. The van der Waals surface area contributed by atoms with Crippen molar-refractivity contribution in [1.82, 2.24) is 19.6 Å². The molecule has 1 aromatic carbocycles. The molecule has 3 aromatic rings. The van der Waals surface area contributed by atoms with Crippen LogP contribution in [0.25, 0.3) is 5.78 Å². The lowest BCUT2D eigenvalue weighted by Gasteiger charge is -2.32. The van der Waals surface area contributed by atoms with Crippen LogP contribution < -0.4 is 5.32 Å². The number of aromatic nitrogens is 4. The minimum absolute atomic E-state index is 0.397. The number of fused-ring (bicyclic) bond motifs is 1. The van der Waals surface area contributed by atoms with E-state index in [2.05, 4.69) is 39.4 Å². The number of anilines is 1. The first kappa shape index (κ1) is 15.4. The van der Waals surface area contributed by atoms with Crippen molar-refractivity contribution in [3.05, 3.63) is 54.0 Å². The normalized spacial score (nSPS) is 13.9. The SMILES string of the molecule is CCC(CNc1cc(C)nc2ncnn12)(OC)c1ccccc1. The summed E-state index contributed by atoms with van der Waals surface area (Å²) < 4.78 is 7.60. The van der Waals surface area contributed by atoms with Crippen LogP contribution in [0, 0.1) is 6.92 Å². The number of ether oxygens (including phenoxy) is 1. The van der Waals surface area contributed by atoms with Gasteiger partial charge in [-0.05, 0) is 18.9 Å². The van der Waals surface area contributed by atoms with Crippen LogP contribution in [0.5, 0.6) is 0 Å². The third-order valence-electron chi connectivity index (χ3n) is 4.20. The third kappa shape index (κ3) is 2.90. The van der Waals surface area contributed by atoms with Gasteiger partial charge in [-0.15, -0.1) is 0 Å². The van der Waals surface area contributed by atoms with Gasteiger partial charge in [0.1, 0.15) is 17.7 Å². The van der Waals surface area contributed by atoms with Crippen LogP contribution in [0.3, 0.4) is 0 Å². The molecule has 1 N–H and O–H groups in total. The van der Waals surface area contributed by atoms with Gasteiger partial charge in [-0.25, -0.2) is 4.98 Å². The molecule has 0 aliphatic carbocycles. The van der Waals surface area contributed by atoms with Gasteiger partial charge in [0.25, 0.3) is 5.78 Å². The minimum Gasteiger partial charge on any atom is -0.372 e. The second kappa shape index (κ2) is 6.34. The molecule has 0 aliphatic heterocycles. The van der Waals surface area contributed by atoms with Gasteiger partial charge >= 0.3 is 0 Å². The molecule has 0 fully saturated rings. The number of benzene rings is 1. The van der Waals surface area contributed by atoms with Crippen LogP contribution in [-0.4, -0.2) is 33.2 Å². The zero-order chi connectivity index (χ0) is 16.3. The molecule has 0 spiro atoms. The summed E-state index contributed by atoms with van der Waals surface area (Å²) in [5.41, 5.74) is 1.65. The summed E-state index contributed by atoms with van der Waals surface area (Å²) in [4.78, 5) is 8.51. The standard InChI is InChI=1S/C17H21N5O/c1-4-17(23-3,14-8-6-5-7-9-14)11-18-15-10-13(2)21-16-19-12-20-22(15)16/h5-10,12,18H,4,11H2,1-3H3. The Kier molecular flexibility index (Phi) is 4.25. The Balaban J connectivity index is 1.91. The first-order valence-electron chi connectivity index (χ1n) is 7.70. The van der Waals surface area contributed by atoms with E-state index in [4.69, 9.17) is 4.74 Å². The Labute approximate surface area is 135 Å². The van der Waals surface area contributed by atoms with Crippen LogP contribution >= 0.6 is 0 Å². The monoisotopic (exact) mass is 311 g/mol. The average molecular weight is 311 g/mol. The molecule has 0 bridgehead atoms. The number of rotatable bonds is 6. The van der Waals surface area contributed by atoms with Crippen LogP contribution in [-0.2, 0) is 10.3 Å². The van der Waals surface area contributed by atoms with Crippen molar-refractivity contribution in [2.24, 2.45) is 0 Å². The molecule has 0 aliphatic rings. The number of methoxy groups -OCH3 is 1. The number of nitrogens with one attached hydrogen (secondary N) is 1. The number of aryl methyl sites for hydroxylation is 1. The highest BCUT2D eigenvalue weighted by molar-refractivity contribution is 5.45. The summed E-state index contributed by atoms with van der Waals surface area (Å²) in [5, 5.41) is 7.68. The second-order valence-corrected chi connectivity index (χ2v) is 5.53. The smallest absolute Gasteiger partial charge is 0.254 e. The molecule has 0 radical (unpaired) electrons. The van der Waals surface area contributed by atoms with Crippen molar-refractivity contribution in [2.75, 3.05) is 19.0 Å². The van der Waals surface area contributed by atoms with Gasteiger partial charge in [-0.3, -0.25) is 0 Å². The molecular formula is C17H21N5O. The van der Waals surface area contributed by atoms with Crippen LogP contribution in [0.1, 0.15) is 24.6 Å². The zero-order valence-corrected chi connectivity index (χ0v) is 13.7. The molecule has 2 heterocycles. The van der Waals surface area contributed by atoms with Crippen molar-refractivity contribution < 1.29 is 4.74 Å². The maximum atomic E-state index is 5.90. The van der Waals surface area contributed by atoms with Crippen molar-refractivity contribution in [2.45, 2.75) is 25.9 Å². The summed E-state index contributed by atoms with van der Waals surface area (Å²) in [6.07, 6.45) is 2.36. The molecule has 23 heavy (non-hydrogen) atoms. The molecule has 1 unspecified atom stereocenters. The molecule has 6 heteroatoms. The summed E-state index contributed by atoms with van der Waals surface area (Å²) >= 11 is 0. The van der Waals surface area contributed by atoms with Crippen LogP contribution in [0.2, 0.25) is 0 Å². The van der Waals surface area contributed by atoms with E-state index in [1.807, 2.05) is 31.2 Å². The van der Waals surface area contributed by atoms with Gasteiger partial charge in [0.2, 0.25) is 0 Å². The van der Waals surface area contributed by atoms with E-state index in [9.17, 15) is 0 Å². The van der Waals surface area contributed by atoms with Crippen molar-refractivity contribution in [1.29, 1.82) is 0 Å². The Morgan fingerprint density at radius 2 is 2.04 bits per heavy atom. The number of hydrogen-bond donors (Lipinski definition) is 1. The maximum Gasteiger partial charge on any atom is 0.254 e. The second-order valence-electron chi connectivity index (χ2n) is 5.53. The topological polar surface area (TPSA) is 64.3 Å². The Morgan fingerprint density at radius 3 is 2.74 bits per heavy atom. The van der Waals surface area contributed by atoms with E-state index in [1.165, 1.54) is 6.33 Å². The molecule has 0 saturated heterocycles. The number of hydrogen-bond acceptors (Lipinski definition) is 5. The van der Waals surface area contributed by atoms with Gasteiger partial charge in [0, 0.05) is 25.4 Å². The van der Waals surface area contributed by atoms with E-state index < -0.39 is 5.60 Å². The van der Waals surface area contributed by atoms with Gasteiger partial charge in [0.15, 0.2) is 0 Å². The van der Waals surface area contributed by atoms with Gasteiger partial charge in [-0.1, -0.05) is 37.3 Å². The summed E-state index contributed by atoms with van der Waals surface area (Å²) in [6, 6.07) is 12.2. The van der Waals surface area contributed by atoms with Gasteiger partial charge in [0.05, 0.1) is 0 Å². The van der Waals surface area contributed by atoms with Crippen LogP contribution in [0.15, 0.2) is 42.7 Å². The predicted octanol–water partition coefficient (Wildman–Crippen LogP) is 2.80. The van der Waals surface area contributed by atoms with Crippen molar-refractivity contribution in [3.8, 4) is 0 Å². The highest BCUT2D eigenvalue weighted by atomic mass is 16.5. The summed E-state index contributed by atoms with van der Waals surface area (Å²) in [7, 11) is 1.75. The average Bonchev–Trinajstić information content (AvgIpc) is 3.05. The predicted molar refractivity (Wildman–Crippen MR) is 89.4 cm³/mol. The zero-order valence-electron chi connectivity index (χ0n) is 13.7. The largest absolute Gasteiger partial charge is 0.372 e. The molecule has 0 amide bonds. The molecule has 6 nitrogen and oxygen atoms in total. The van der Waals surface area contributed by atoms with E-state index >= 15 is 0 Å². The highest BCUT2D eigenvalue weighted by Gasteiger charge is 2.30. The molecular weight excluding hydrogens is 290 g/mol. The molecule has 3 rings (SSSR count). The maximum absolute atomic E-state index is 5.90. The molecule has 2 aromatic heterocycles. The first-order chi connectivity index (χ1) is 11.2. The Morgan fingerprint density at radius 1 is 1.26 bits per heavy atom. The third-order valence-corrected chi connectivity index (χ3v) is 4.20. The molecule has 0 saturated carbocycles. The van der Waals surface area contributed by atoms with Crippen molar-refractivity contribution >= 4 is 11.6 Å². The summed E-state index contributed by atoms with van der Waals surface area (Å²) in [6.45, 7) is 4.70.